The quantitative estimate of drug-likeness (QED) is 0.724. The van der Waals surface area contributed by atoms with Crippen LogP contribution in [0.1, 0.15) is 17.0 Å². The minimum atomic E-state index is -4.55. The van der Waals surface area contributed by atoms with Crippen molar-refractivity contribution < 1.29 is 13.2 Å². The van der Waals surface area contributed by atoms with Crippen LogP contribution in [0, 0.1) is 11.3 Å². The molecule has 24 heavy (non-hydrogen) atoms. The standard InChI is InChI=1S/C16H9F3N4O/c17-16(18,19)14-3-1-2-11(22-14)8-23-9-21-13-6-10(7-20)4-5-12(13)15(23)24/h1-6,9H,8H2. The van der Waals surface area contributed by atoms with Crippen LogP contribution >= 0.6 is 0 Å². The van der Waals surface area contributed by atoms with Gasteiger partial charge in [-0.05, 0) is 30.3 Å². The number of nitriles is 1. The summed E-state index contributed by atoms with van der Waals surface area (Å²) in [5, 5.41) is 9.13. The van der Waals surface area contributed by atoms with E-state index in [1.165, 1.54) is 41.2 Å². The summed E-state index contributed by atoms with van der Waals surface area (Å²) in [6.45, 7) is -0.133. The Balaban J connectivity index is 2.01. The fraction of sp³-hybridized carbons (Fsp3) is 0.125. The van der Waals surface area contributed by atoms with E-state index in [2.05, 4.69) is 9.97 Å². The summed E-state index contributed by atoms with van der Waals surface area (Å²) in [4.78, 5) is 20.0. The summed E-state index contributed by atoms with van der Waals surface area (Å²) in [5.74, 6) is 0. The van der Waals surface area contributed by atoms with Crippen LogP contribution in [0.5, 0.6) is 0 Å². The number of rotatable bonds is 2. The summed E-state index contributed by atoms with van der Waals surface area (Å²) in [7, 11) is 0. The van der Waals surface area contributed by atoms with Crippen molar-refractivity contribution in [3.63, 3.8) is 0 Å². The Kier molecular flexibility index (Phi) is 3.77. The van der Waals surface area contributed by atoms with Crippen LogP contribution < -0.4 is 5.56 Å². The summed E-state index contributed by atoms with van der Waals surface area (Å²) in [6, 6.07) is 9.90. The molecule has 2 aromatic heterocycles. The minimum absolute atomic E-state index is 0.0988. The number of alkyl halides is 3. The van der Waals surface area contributed by atoms with E-state index in [1.807, 2.05) is 6.07 Å². The molecule has 0 radical (unpaired) electrons. The van der Waals surface area contributed by atoms with Crippen LogP contribution in [0.25, 0.3) is 10.9 Å². The van der Waals surface area contributed by atoms with Gasteiger partial charge in [-0.1, -0.05) is 6.07 Å². The maximum absolute atomic E-state index is 12.7. The number of aromatic nitrogens is 3. The number of fused-ring (bicyclic) bond motifs is 1. The van der Waals surface area contributed by atoms with Crippen molar-refractivity contribution >= 4 is 10.9 Å². The highest BCUT2D eigenvalue weighted by Crippen LogP contribution is 2.27. The molecule has 0 spiro atoms. The van der Waals surface area contributed by atoms with Crippen LogP contribution in [-0.4, -0.2) is 14.5 Å². The molecule has 0 aliphatic heterocycles. The Hall–Kier alpha value is -3.21. The Morgan fingerprint density at radius 1 is 1.21 bits per heavy atom. The van der Waals surface area contributed by atoms with E-state index < -0.39 is 17.4 Å². The molecule has 8 heteroatoms. The van der Waals surface area contributed by atoms with Gasteiger partial charge in [0.05, 0.1) is 41.1 Å². The van der Waals surface area contributed by atoms with Gasteiger partial charge in [-0.3, -0.25) is 9.36 Å². The third-order valence-electron chi connectivity index (χ3n) is 3.38. The predicted octanol–water partition coefficient (Wildman–Crippen LogP) is 2.73. The van der Waals surface area contributed by atoms with Gasteiger partial charge in [0, 0.05) is 0 Å². The first-order chi connectivity index (χ1) is 11.4. The van der Waals surface area contributed by atoms with Crippen LogP contribution in [0.2, 0.25) is 0 Å². The number of hydrogen-bond acceptors (Lipinski definition) is 4. The van der Waals surface area contributed by atoms with Crippen LogP contribution in [0.15, 0.2) is 47.5 Å². The molecule has 1 aromatic carbocycles. The van der Waals surface area contributed by atoms with Gasteiger partial charge in [-0.25, -0.2) is 9.97 Å². The van der Waals surface area contributed by atoms with Crippen molar-refractivity contribution in [2.75, 3.05) is 0 Å². The van der Waals surface area contributed by atoms with Gasteiger partial charge >= 0.3 is 6.18 Å². The summed E-state index contributed by atoms with van der Waals surface area (Å²) >= 11 is 0. The number of hydrogen-bond donors (Lipinski definition) is 0. The van der Waals surface area contributed by atoms with Crippen molar-refractivity contribution in [2.24, 2.45) is 0 Å². The topological polar surface area (TPSA) is 71.6 Å². The van der Waals surface area contributed by atoms with Crippen LogP contribution in [-0.2, 0) is 12.7 Å². The maximum atomic E-state index is 12.7. The molecule has 5 nitrogen and oxygen atoms in total. The second-order valence-electron chi connectivity index (χ2n) is 5.03. The van der Waals surface area contributed by atoms with Crippen molar-refractivity contribution in [1.82, 2.24) is 14.5 Å². The first-order valence-electron chi connectivity index (χ1n) is 6.81. The van der Waals surface area contributed by atoms with E-state index in [1.54, 1.807) is 0 Å². The lowest BCUT2D eigenvalue weighted by molar-refractivity contribution is -0.141. The molecule has 120 valence electrons. The molecule has 0 saturated heterocycles. The van der Waals surface area contributed by atoms with Gasteiger partial charge in [-0.15, -0.1) is 0 Å². The Labute approximate surface area is 133 Å². The maximum Gasteiger partial charge on any atom is 0.433 e. The molecule has 2 heterocycles. The van der Waals surface area contributed by atoms with E-state index in [9.17, 15) is 18.0 Å². The Morgan fingerprint density at radius 2 is 2.00 bits per heavy atom. The smallest absolute Gasteiger partial charge is 0.293 e. The lowest BCUT2D eigenvalue weighted by Gasteiger charge is -2.09. The molecule has 0 amide bonds. The highest BCUT2D eigenvalue weighted by molar-refractivity contribution is 5.78. The average Bonchev–Trinajstić information content (AvgIpc) is 2.56. The van der Waals surface area contributed by atoms with Gasteiger partial charge in [0.1, 0.15) is 5.69 Å². The highest BCUT2D eigenvalue weighted by Gasteiger charge is 2.32. The third-order valence-corrected chi connectivity index (χ3v) is 3.38. The third kappa shape index (κ3) is 2.96. The zero-order chi connectivity index (χ0) is 17.3. The Bertz CT molecular complexity index is 1020. The zero-order valence-electron chi connectivity index (χ0n) is 12.1. The molecule has 0 saturated carbocycles. The zero-order valence-corrected chi connectivity index (χ0v) is 12.1. The van der Waals surface area contributed by atoms with Crippen LogP contribution in [0.3, 0.4) is 0 Å². The summed E-state index contributed by atoms with van der Waals surface area (Å²) in [5.41, 5.74) is -0.607. The molecule has 0 aliphatic carbocycles. The van der Waals surface area contributed by atoms with Gasteiger partial charge in [-0.2, -0.15) is 18.4 Å². The van der Waals surface area contributed by atoms with E-state index in [4.69, 9.17) is 5.26 Å². The van der Waals surface area contributed by atoms with Crippen molar-refractivity contribution in [3.05, 3.63) is 70.0 Å². The molecular formula is C16H9F3N4O. The summed E-state index contributed by atoms with van der Waals surface area (Å²) < 4.78 is 39.3. The first-order valence-corrected chi connectivity index (χ1v) is 6.81. The van der Waals surface area contributed by atoms with Crippen molar-refractivity contribution in [3.8, 4) is 6.07 Å². The average molecular weight is 330 g/mol. The first kappa shape index (κ1) is 15.7. The summed E-state index contributed by atoms with van der Waals surface area (Å²) in [6.07, 6.45) is -3.32. The molecule has 3 rings (SSSR count). The number of benzene rings is 1. The normalized spacial score (nSPS) is 11.4. The van der Waals surface area contributed by atoms with Gasteiger partial charge in [0.2, 0.25) is 0 Å². The lowest BCUT2D eigenvalue weighted by atomic mass is 10.2. The highest BCUT2D eigenvalue weighted by atomic mass is 19.4. The molecule has 0 N–H and O–H groups in total. The van der Waals surface area contributed by atoms with E-state index in [0.717, 1.165) is 6.07 Å². The molecule has 0 atom stereocenters. The lowest BCUT2D eigenvalue weighted by Crippen LogP contribution is -2.22. The molecular weight excluding hydrogens is 321 g/mol. The van der Waals surface area contributed by atoms with E-state index >= 15 is 0 Å². The number of nitrogens with zero attached hydrogens (tertiary/aromatic N) is 4. The number of halogens is 3. The van der Waals surface area contributed by atoms with Gasteiger partial charge in [0.15, 0.2) is 0 Å². The fourth-order valence-corrected chi connectivity index (χ4v) is 2.24. The SMILES string of the molecule is N#Cc1ccc2c(=O)n(Cc3cccc(C(F)(F)F)n3)cnc2c1. The van der Waals surface area contributed by atoms with Crippen LogP contribution in [0.4, 0.5) is 13.2 Å². The van der Waals surface area contributed by atoms with Gasteiger partial charge in [0.25, 0.3) is 5.56 Å². The molecule has 0 aliphatic rings. The Morgan fingerprint density at radius 3 is 2.71 bits per heavy atom. The second-order valence-corrected chi connectivity index (χ2v) is 5.03. The second kappa shape index (κ2) is 5.77. The van der Waals surface area contributed by atoms with Crippen molar-refractivity contribution in [2.45, 2.75) is 12.7 Å². The monoisotopic (exact) mass is 330 g/mol. The fourth-order valence-electron chi connectivity index (χ4n) is 2.24. The molecule has 0 fully saturated rings. The molecule has 3 aromatic rings. The van der Waals surface area contributed by atoms with Crippen molar-refractivity contribution in [1.29, 1.82) is 5.26 Å². The van der Waals surface area contributed by atoms with E-state index in [-0.39, 0.29) is 17.6 Å². The largest absolute Gasteiger partial charge is 0.433 e. The predicted molar refractivity (Wildman–Crippen MR) is 79.1 cm³/mol. The molecule has 0 unspecified atom stereocenters. The number of pyridine rings is 1. The van der Waals surface area contributed by atoms with E-state index in [0.29, 0.717) is 11.1 Å². The minimum Gasteiger partial charge on any atom is -0.293 e. The molecule has 0 bridgehead atoms. The van der Waals surface area contributed by atoms with Gasteiger partial charge < -0.3 is 0 Å².